The maximum Gasteiger partial charge on any atom is 0.160 e. The first-order chi connectivity index (χ1) is 18.5. The molecule has 0 fully saturated rings. The lowest BCUT2D eigenvalue weighted by Gasteiger charge is -2.20. The van der Waals surface area contributed by atoms with Gasteiger partial charge in [-0.3, -0.25) is 0 Å². The predicted octanol–water partition coefficient (Wildman–Crippen LogP) is 10.3. The zero-order valence-corrected chi connectivity index (χ0v) is 21.7. The average molecular weight is 490 g/mol. The molecule has 2 heterocycles. The summed E-state index contributed by atoms with van der Waals surface area (Å²) < 4.78 is 9.18. The zero-order chi connectivity index (χ0) is 25.6. The van der Waals surface area contributed by atoms with Gasteiger partial charge in [0, 0.05) is 32.6 Å². The van der Waals surface area contributed by atoms with Crippen LogP contribution in [0.3, 0.4) is 0 Å². The molecule has 2 nitrogen and oxygen atoms in total. The van der Waals surface area contributed by atoms with E-state index in [1.54, 1.807) is 0 Å². The maximum absolute atomic E-state index is 6.73. The highest BCUT2D eigenvalue weighted by Crippen LogP contribution is 2.47. The van der Waals surface area contributed by atoms with Crippen molar-refractivity contribution in [2.24, 2.45) is 0 Å². The van der Waals surface area contributed by atoms with E-state index in [1.807, 2.05) is 0 Å². The van der Waals surface area contributed by atoms with Gasteiger partial charge in [0.15, 0.2) is 5.58 Å². The molecule has 0 N–H and O–H groups in total. The molecule has 6 aromatic carbocycles. The van der Waals surface area contributed by atoms with Crippen LogP contribution in [-0.2, 0) is 5.41 Å². The molecule has 0 unspecified atom stereocenters. The van der Waals surface area contributed by atoms with Crippen LogP contribution in [0.1, 0.15) is 26.3 Å². The molecule has 0 aliphatic rings. The molecule has 8 rings (SSSR count). The summed E-state index contributed by atoms with van der Waals surface area (Å²) in [7, 11) is 0. The van der Waals surface area contributed by atoms with E-state index < -0.39 is 0 Å². The number of hydrogen-bond acceptors (Lipinski definition) is 1. The number of fused-ring (bicyclic) bond motifs is 12. The SMILES string of the molecule is CC(C)(C)c1ccc2ccc3c4c5ccccc5c5c6ccccc6oc5c4n(-c4ccccc4)c3c2c1. The number of furan rings is 1. The molecule has 182 valence electrons. The van der Waals surface area contributed by atoms with Crippen LogP contribution in [0.5, 0.6) is 0 Å². The van der Waals surface area contributed by atoms with Crippen molar-refractivity contribution in [3.8, 4) is 5.69 Å². The van der Waals surface area contributed by atoms with Crippen molar-refractivity contribution in [1.82, 2.24) is 4.57 Å². The molecule has 38 heavy (non-hydrogen) atoms. The molecule has 0 aliphatic heterocycles. The molecule has 0 spiro atoms. The van der Waals surface area contributed by atoms with Gasteiger partial charge in [-0.15, -0.1) is 0 Å². The third-order valence-electron chi connectivity index (χ3n) is 8.10. The molecule has 0 radical (unpaired) electrons. The van der Waals surface area contributed by atoms with Crippen LogP contribution >= 0.6 is 0 Å². The highest BCUT2D eigenvalue weighted by atomic mass is 16.3. The van der Waals surface area contributed by atoms with E-state index >= 15 is 0 Å². The van der Waals surface area contributed by atoms with E-state index in [0.29, 0.717) is 0 Å². The number of hydrogen-bond donors (Lipinski definition) is 0. The van der Waals surface area contributed by atoms with Crippen LogP contribution < -0.4 is 0 Å². The minimum absolute atomic E-state index is 0.0542. The van der Waals surface area contributed by atoms with Gasteiger partial charge in [-0.25, -0.2) is 0 Å². The Morgan fingerprint density at radius 1 is 0.553 bits per heavy atom. The van der Waals surface area contributed by atoms with Crippen molar-refractivity contribution in [1.29, 1.82) is 0 Å². The molecule has 0 saturated carbocycles. The number of benzene rings is 6. The summed E-state index contributed by atoms with van der Waals surface area (Å²) in [5.74, 6) is 0. The van der Waals surface area contributed by atoms with Crippen molar-refractivity contribution in [2.75, 3.05) is 0 Å². The van der Waals surface area contributed by atoms with E-state index in [-0.39, 0.29) is 5.41 Å². The summed E-state index contributed by atoms with van der Waals surface area (Å²) in [6, 6.07) is 39.5. The number of para-hydroxylation sites is 2. The first kappa shape index (κ1) is 21.5. The summed E-state index contributed by atoms with van der Waals surface area (Å²) in [6.45, 7) is 6.85. The van der Waals surface area contributed by atoms with Gasteiger partial charge >= 0.3 is 0 Å². The molecular weight excluding hydrogens is 462 g/mol. The first-order valence-corrected chi connectivity index (χ1v) is 13.3. The predicted molar refractivity (Wildman–Crippen MR) is 162 cm³/mol. The van der Waals surface area contributed by atoms with Crippen LogP contribution in [0.25, 0.3) is 71.0 Å². The van der Waals surface area contributed by atoms with Crippen LogP contribution in [0.4, 0.5) is 0 Å². The van der Waals surface area contributed by atoms with E-state index in [0.717, 1.165) is 27.8 Å². The average Bonchev–Trinajstić information content (AvgIpc) is 3.50. The molecule has 2 heteroatoms. The molecule has 2 aromatic heterocycles. The fourth-order valence-electron chi connectivity index (χ4n) is 6.29. The topological polar surface area (TPSA) is 18.1 Å². The van der Waals surface area contributed by atoms with Gasteiger partial charge < -0.3 is 8.98 Å². The summed E-state index contributed by atoms with van der Waals surface area (Å²) >= 11 is 0. The molecule has 0 bridgehead atoms. The number of rotatable bonds is 1. The summed E-state index contributed by atoms with van der Waals surface area (Å²) in [5, 5.41) is 9.84. The van der Waals surface area contributed by atoms with E-state index in [9.17, 15) is 0 Å². The molecule has 0 aliphatic carbocycles. The van der Waals surface area contributed by atoms with Gasteiger partial charge in [0.2, 0.25) is 0 Å². The van der Waals surface area contributed by atoms with Crippen molar-refractivity contribution in [3.63, 3.8) is 0 Å². The van der Waals surface area contributed by atoms with Gasteiger partial charge in [-0.05, 0) is 51.4 Å². The Balaban J connectivity index is 1.73. The molecule has 0 saturated heterocycles. The summed E-state index contributed by atoms with van der Waals surface area (Å²) in [4.78, 5) is 0. The normalized spacial score (nSPS) is 12.6. The number of nitrogens with zero attached hydrogens (tertiary/aromatic N) is 1. The van der Waals surface area contributed by atoms with Gasteiger partial charge in [0.1, 0.15) is 5.58 Å². The van der Waals surface area contributed by atoms with Gasteiger partial charge in [-0.1, -0.05) is 106 Å². The van der Waals surface area contributed by atoms with Gasteiger partial charge in [0.25, 0.3) is 0 Å². The lowest BCUT2D eigenvalue weighted by atomic mass is 9.85. The smallest absolute Gasteiger partial charge is 0.160 e. The molecule has 8 aromatic rings. The fraction of sp³-hybridized carbons (Fsp3) is 0.111. The minimum Gasteiger partial charge on any atom is -0.454 e. The van der Waals surface area contributed by atoms with Crippen LogP contribution in [0, 0.1) is 0 Å². The van der Waals surface area contributed by atoms with Crippen molar-refractivity contribution >= 4 is 65.3 Å². The second-order valence-electron chi connectivity index (χ2n) is 11.4. The second-order valence-corrected chi connectivity index (χ2v) is 11.4. The van der Waals surface area contributed by atoms with Gasteiger partial charge in [-0.2, -0.15) is 0 Å². The molecule has 0 amide bonds. The third kappa shape index (κ3) is 2.83. The Morgan fingerprint density at radius 2 is 1.21 bits per heavy atom. The largest absolute Gasteiger partial charge is 0.454 e. The molecular formula is C36H27NO. The Hall–Kier alpha value is -4.56. The maximum atomic E-state index is 6.73. The van der Waals surface area contributed by atoms with E-state index in [1.165, 1.54) is 48.8 Å². The van der Waals surface area contributed by atoms with E-state index in [2.05, 4.69) is 135 Å². The summed E-state index contributed by atoms with van der Waals surface area (Å²) in [5.41, 5.74) is 6.75. The van der Waals surface area contributed by atoms with Crippen molar-refractivity contribution < 1.29 is 4.42 Å². The molecule has 0 atom stereocenters. The number of aromatic nitrogens is 1. The lowest BCUT2D eigenvalue weighted by Crippen LogP contribution is -2.10. The van der Waals surface area contributed by atoms with Crippen LogP contribution in [0.2, 0.25) is 0 Å². The second kappa shape index (κ2) is 7.49. The Kier molecular flexibility index (Phi) is 4.24. The van der Waals surface area contributed by atoms with Crippen molar-refractivity contribution in [2.45, 2.75) is 26.2 Å². The lowest BCUT2D eigenvalue weighted by molar-refractivity contribution is 0.591. The Bertz CT molecular complexity index is 2200. The van der Waals surface area contributed by atoms with Crippen LogP contribution in [-0.4, -0.2) is 4.57 Å². The van der Waals surface area contributed by atoms with Gasteiger partial charge in [0.05, 0.1) is 11.0 Å². The zero-order valence-electron chi connectivity index (χ0n) is 21.7. The summed E-state index contributed by atoms with van der Waals surface area (Å²) in [6.07, 6.45) is 0. The Morgan fingerprint density at radius 3 is 1.97 bits per heavy atom. The monoisotopic (exact) mass is 489 g/mol. The first-order valence-electron chi connectivity index (χ1n) is 13.3. The van der Waals surface area contributed by atoms with Crippen LogP contribution in [0.15, 0.2) is 114 Å². The standard InChI is InChI=1S/C36H27NO/c1-36(2,3)23-19-17-22-18-20-28-31-25-13-7-8-14-26(25)32-27-15-9-10-16-30(27)38-35(32)34(31)37(33(28)29(22)21-23)24-11-5-4-6-12-24/h4-21H,1-3H3. The highest BCUT2D eigenvalue weighted by molar-refractivity contribution is 6.36. The van der Waals surface area contributed by atoms with Crippen molar-refractivity contribution in [3.05, 3.63) is 115 Å². The third-order valence-corrected chi connectivity index (χ3v) is 8.10. The Labute approximate surface area is 220 Å². The fourth-order valence-corrected chi connectivity index (χ4v) is 6.29. The van der Waals surface area contributed by atoms with E-state index in [4.69, 9.17) is 4.42 Å². The minimum atomic E-state index is 0.0542. The quantitative estimate of drug-likeness (QED) is 0.224. The highest BCUT2D eigenvalue weighted by Gasteiger charge is 2.24.